The summed E-state index contributed by atoms with van der Waals surface area (Å²) in [7, 11) is 1.66. The van der Waals surface area contributed by atoms with Gasteiger partial charge in [-0.1, -0.05) is 38.1 Å². The molecule has 2 aromatic carbocycles. The maximum Gasteiger partial charge on any atom is 0.209 e. The first-order valence-corrected chi connectivity index (χ1v) is 9.61. The zero-order chi connectivity index (χ0) is 19.5. The van der Waals surface area contributed by atoms with Gasteiger partial charge in [0.15, 0.2) is 5.78 Å². The lowest BCUT2D eigenvalue weighted by Gasteiger charge is -2.39. The van der Waals surface area contributed by atoms with Crippen LogP contribution in [0.1, 0.15) is 38.3 Å². The number of Topliss-reactive ketones (excluding diaryl/α,β-unsaturated/α-hetero) is 1. The summed E-state index contributed by atoms with van der Waals surface area (Å²) in [5.74, 6) is 1.81. The third-order valence-corrected chi connectivity index (χ3v) is 5.74. The third-order valence-electron chi connectivity index (χ3n) is 5.74. The number of fused-ring (bicyclic) bond motifs is 3. The zero-order valence-electron chi connectivity index (χ0n) is 16.3. The number of carbonyl (C=O) groups is 1. The third kappa shape index (κ3) is 2.53. The van der Waals surface area contributed by atoms with Gasteiger partial charge < -0.3 is 10.1 Å². The molecule has 3 aromatic rings. The Morgan fingerprint density at radius 1 is 1.11 bits per heavy atom. The standard InChI is InChI=1S/C23H23N3O2/c1-23(2)12-17-20(19(27)13-23)21(14-8-10-15(28-3)11-9-14)26-18-7-5-4-6-16(18)24-22(26)25-17/h4-11,21H,12-13H2,1-3H3,(H,24,25). The molecule has 1 atom stereocenters. The number of aromatic nitrogens is 2. The topological polar surface area (TPSA) is 56.1 Å². The highest BCUT2D eigenvalue weighted by Crippen LogP contribution is 2.47. The summed E-state index contributed by atoms with van der Waals surface area (Å²) in [6.45, 7) is 4.30. The number of imidazole rings is 1. The first-order chi connectivity index (χ1) is 13.5. The Morgan fingerprint density at radius 2 is 1.86 bits per heavy atom. The maximum absolute atomic E-state index is 13.3. The van der Waals surface area contributed by atoms with E-state index >= 15 is 0 Å². The van der Waals surface area contributed by atoms with Gasteiger partial charge in [0.1, 0.15) is 5.75 Å². The average Bonchev–Trinajstić information content (AvgIpc) is 3.03. The van der Waals surface area contributed by atoms with Gasteiger partial charge in [-0.3, -0.25) is 9.36 Å². The molecule has 0 bridgehead atoms. The smallest absolute Gasteiger partial charge is 0.209 e. The minimum Gasteiger partial charge on any atom is -0.497 e. The summed E-state index contributed by atoms with van der Waals surface area (Å²) in [6, 6.07) is 15.9. The highest BCUT2D eigenvalue weighted by Gasteiger charge is 2.41. The molecule has 0 saturated heterocycles. The molecule has 0 fully saturated rings. The van der Waals surface area contributed by atoms with Crippen molar-refractivity contribution < 1.29 is 9.53 Å². The van der Waals surface area contributed by atoms with Crippen LogP contribution in [0, 0.1) is 5.41 Å². The van der Waals surface area contributed by atoms with Crippen molar-refractivity contribution >= 4 is 22.8 Å². The molecule has 0 amide bonds. The molecule has 1 aliphatic heterocycles. The first kappa shape index (κ1) is 17.0. The van der Waals surface area contributed by atoms with Crippen LogP contribution >= 0.6 is 0 Å². The molecule has 1 unspecified atom stereocenters. The molecular formula is C23H23N3O2. The Kier molecular flexibility index (Phi) is 3.63. The van der Waals surface area contributed by atoms with Gasteiger partial charge in [0.05, 0.1) is 24.2 Å². The van der Waals surface area contributed by atoms with E-state index in [0.717, 1.165) is 46.0 Å². The lowest BCUT2D eigenvalue weighted by Crippen LogP contribution is -2.36. The Morgan fingerprint density at radius 3 is 2.61 bits per heavy atom. The van der Waals surface area contributed by atoms with Crippen molar-refractivity contribution in [1.82, 2.24) is 9.55 Å². The summed E-state index contributed by atoms with van der Waals surface area (Å²) >= 11 is 0. The largest absolute Gasteiger partial charge is 0.497 e. The Labute approximate surface area is 164 Å². The van der Waals surface area contributed by atoms with Crippen molar-refractivity contribution in [2.24, 2.45) is 5.41 Å². The van der Waals surface area contributed by atoms with Crippen LogP contribution in [0.5, 0.6) is 5.75 Å². The molecule has 5 heteroatoms. The molecule has 2 heterocycles. The van der Waals surface area contributed by atoms with Gasteiger partial charge in [0, 0.05) is 17.7 Å². The van der Waals surface area contributed by atoms with Gasteiger partial charge in [-0.25, -0.2) is 4.98 Å². The lowest BCUT2D eigenvalue weighted by molar-refractivity contribution is -0.118. The van der Waals surface area contributed by atoms with Gasteiger partial charge in [-0.2, -0.15) is 0 Å². The van der Waals surface area contributed by atoms with Gasteiger partial charge in [0.25, 0.3) is 0 Å². The van der Waals surface area contributed by atoms with E-state index in [1.54, 1.807) is 7.11 Å². The zero-order valence-corrected chi connectivity index (χ0v) is 16.3. The minimum absolute atomic E-state index is 0.0540. The van der Waals surface area contributed by atoms with Crippen molar-refractivity contribution in [2.45, 2.75) is 32.7 Å². The van der Waals surface area contributed by atoms with Crippen LogP contribution in [0.4, 0.5) is 5.95 Å². The number of para-hydroxylation sites is 2. The van der Waals surface area contributed by atoms with Crippen molar-refractivity contribution in [2.75, 3.05) is 12.4 Å². The highest BCUT2D eigenvalue weighted by molar-refractivity contribution is 6.00. The number of ketones is 1. The van der Waals surface area contributed by atoms with E-state index in [4.69, 9.17) is 9.72 Å². The fourth-order valence-electron chi connectivity index (χ4n) is 4.52. The number of ether oxygens (including phenoxy) is 1. The number of anilines is 1. The van der Waals surface area contributed by atoms with Crippen LogP contribution in [0.3, 0.4) is 0 Å². The van der Waals surface area contributed by atoms with Crippen LogP contribution in [-0.2, 0) is 4.79 Å². The normalized spacial score (nSPS) is 20.5. The van der Waals surface area contributed by atoms with Gasteiger partial charge >= 0.3 is 0 Å². The van der Waals surface area contributed by atoms with E-state index in [1.807, 2.05) is 42.5 Å². The molecule has 1 N–H and O–H groups in total. The molecule has 1 aromatic heterocycles. The Bertz CT molecular complexity index is 1120. The number of hydrogen-bond donors (Lipinski definition) is 1. The van der Waals surface area contributed by atoms with E-state index in [-0.39, 0.29) is 17.2 Å². The van der Waals surface area contributed by atoms with Crippen LogP contribution in [0.15, 0.2) is 59.8 Å². The molecule has 1 aliphatic carbocycles. The number of hydrogen-bond acceptors (Lipinski definition) is 4. The predicted molar refractivity (Wildman–Crippen MR) is 110 cm³/mol. The molecular weight excluding hydrogens is 350 g/mol. The molecule has 28 heavy (non-hydrogen) atoms. The molecule has 2 aliphatic rings. The molecule has 142 valence electrons. The molecule has 0 radical (unpaired) electrons. The summed E-state index contributed by atoms with van der Waals surface area (Å²) in [5, 5.41) is 3.48. The molecule has 0 spiro atoms. The number of rotatable bonds is 2. The van der Waals surface area contributed by atoms with E-state index in [2.05, 4.69) is 29.8 Å². The second-order valence-corrected chi connectivity index (χ2v) is 8.43. The predicted octanol–water partition coefficient (Wildman–Crippen LogP) is 4.70. The van der Waals surface area contributed by atoms with Crippen molar-refractivity contribution in [3.05, 3.63) is 65.4 Å². The van der Waals surface area contributed by atoms with Crippen LogP contribution in [-0.4, -0.2) is 22.4 Å². The van der Waals surface area contributed by atoms with Crippen molar-refractivity contribution in [1.29, 1.82) is 0 Å². The van der Waals surface area contributed by atoms with Crippen molar-refractivity contribution in [3.8, 4) is 5.75 Å². The monoisotopic (exact) mass is 373 g/mol. The van der Waals surface area contributed by atoms with E-state index in [0.29, 0.717) is 6.42 Å². The van der Waals surface area contributed by atoms with E-state index in [1.165, 1.54) is 0 Å². The van der Waals surface area contributed by atoms with Crippen LogP contribution in [0.2, 0.25) is 0 Å². The fourth-order valence-corrected chi connectivity index (χ4v) is 4.52. The quantitative estimate of drug-likeness (QED) is 0.707. The Balaban J connectivity index is 1.76. The second kappa shape index (κ2) is 5.96. The number of nitrogens with one attached hydrogen (secondary N) is 1. The molecule has 5 nitrogen and oxygen atoms in total. The number of methoxy groups -OCH3 is 1. The van der Waals surface area contributed by atoms with Crippen LogP contribution in [0.25, 0.3) is 11.0 Å². The van der Waals surface area contributed by atoms with Gasteiger partial charge in [-0.15, -0.1) is 0 Å². The summed E-state index contributed by atoms with van der Waals surface area (Å²) in [6.07, 6.45) is 1.39. The number of carbonyl (C=O) groups excluding carboxylic acids is 1. The minimum atomic E-state index is -0.187. The first-order valence-electron chi connectivity index (χ1n) is 9.61. The molecule has 0 saturated carbocycles. The van der Waals surface area contributed by atoms with Gasteiger partial charge in [-0.05, 0) is 41.7 Å². The SMILES string of the molecule is COc1ccc(C2C3=C(CC(C)(C)CC3=O)Nc3nc4ccccc4n32)cc1. The second-order valence-electron chi connectivity index (χ2n) is 8.43. The Hall–Kier alpha value is -3.08. The summed E-state index contributed by atoms with van der Waals surface area (Å²) in [4.78, 5) is 18.1. The number of nitrogens with zero attached hydrogens (tertiary/aromatic N) is 2. The van der Waals surface area contributed by atoms with Crippen LogP contribution < -0.4 is 10.1 Å². The number of benzene rings is 2. The van der Waals surface area contributed by atoms with Crippen molar-refractivity contribution in [3.63, 3.8) is 0 Å². The highest BCUT2D eigenvalue weighted by atomic mass is 16.5. The summed E-state index contributed by atoms with van der Waals surface area (Å²) < 4.78 is 7.48. The lowest BCUT2D eigenvalue weighted by atomic mass is 9.73. The number of allylic oxidation sites excluding steroid dienone is 2. The van der Waals surface area contributed by atoms with E-state index < -0.39 is 0 Å². The maximum atomic E-state index is 13.3. The average molecular weight is 373 g/mol. The van der Waals surface area contributed by atoms with Gasteiger partial charge in [0.2, 0.25) is 5.95 Å². The van der Waals surface area contributed by atoms with E-state index in [9.17, 15) is 4.79 Å². The molecule has 5 rings (SSSR count). The summed E-state index contributed by atoms with van der Waals surface area (Å²) in [5.41, 5.74) is 4.82. The fraction of sp³-hybridized carbons (Fsp3) is 0.304.